The fraction of sp³-hybridized carbons (Fsp3) is 0.407. The minimum Gasteiger partial charge on any atom is -0.364 e. The molecule has 4 aromatic rings. The number of nitrogens with zero attached hydrogens (tertiary/aromatic N) is 7. The van der Waals surface area contributed by atoms with Crippen molar-refractivity contribution < 1.29 is 0 Å². The molecule has 4 heterocycles. The van der Waals surface area contributed by atoms with E-state index in [1.807, 2.05) is 23.9 Å². The fourth-order valence-electron chi connectivity index (χ4n) is 5.16. The quantitative estimate of drug-likeness (QED) is 0.427. The third kappa shape index (κ3) is 4.17. The maximum Gasteiger partial charge on any atom is 0.252 e. The standard InChI is InChI=1S/C27H31N7O/c1-6-7-12-32-17-25-27(30-32)24(14-26(35)31(25)5)34-16-18(2)33(15-19(34)3)20(4)21-8-9-22-23(13-21)29-11-10-28-22/h8-11,13-14,17-20H,12,15-16H2,1-5H3/t18-,19+,20+/m1/s1. The van der Waals surface area contributed by atoms with Crippen LogP contribution in [-0.2, 0) is 13.6 Å². The summed E-state index contributed by atoms with van der Waals surface area (Å²) in [5.41, 5.74) is 5.62. The monoisotopic (exact) mass is 469 g/mol. The number of aromatic nitrogens is 5. The summed E-state index contributed by atoms with van der Waals surface area (Å²) in [5, 5.41) is 4.80. The Kier molecular flexibility index (Phi) is 6.03. The molecule has 0 N–H and O–H groups in total. The smallest absolute Gasteiger partial charge is 0.252 e. The highest BCUT2D eigenvalue weighted by Crippen LogP contribution is 2.32. The van der Waals surface area contributed by atoms with E-state index in [9.17, 15) is 4.79 Å². The highest BCUT2D eigenvalue weighted by Gasteiger charge is 2.34. The molecule has 1 aliphatic rings. The molecule has 8 heteroatoms. The molecule has 1 aromatic carbocycles. The van der Waals surface area contributed by atoms with Crippen LogP contribution in [0.3, 0.4) is 0 Å². The van der Waals surface area contributed by atoms with Gasteiger partial charge in [-0.05, 0) is 45.4 Å². The normalized spacial score (nSPS) is 19.6. The molecule has 180 valence electrons. The second-order valence-electron chi connectivity index (χ2n) is 9.44. The van der Waals surface area contributed by atoms with Crippen LogP contribution >= 0.6 is 0 Å². The molecule has 0 bridgehead atoms. The van der Waals surface area contributed by atoms with Crippen LogP contribution < -0.4 is 10.5 Å². The van der Waals surface area contributed by atoms with Gasteiger partial charge in [-0.3, -0.25) is 24.3 Å². The topological polar surface area (TPSA) is 72.1 Å². The number of rotatable bonds is 4. The minimum absolute atomic E-state index is 0.0263. The lowest BCUT2D eigenvalue weighted by atomic mass is 10.00. The summed E-state index contributed by atoms with van der Waals surface area (Å²) in [6.45, 7) is 10.7. The molecule has 0 radical (unpaired) electrons. The van der Waals surface area contributed by atoms with Crippen molar-refractivity contribution in [2.45, 2.75) is 52.4 Å². The van der Waals surface area contributed by atoms with E-state index in [4.69, 9.17) is 5.10 Å². The zero-order valence-electron chi connectivity index (χ0n) is 20.9. The minimum atomic E-state index is -0.0263. The van der Waals surface area contributed by atoms with E-state index in [0.717, 1.165) is 40.8 Å². The Balaban J connectivity index is 1.45. The van der Waals surface area contributed by atoms with Crippen LogP contribution in [0.2, 0.25) is 0 Å². The molecule has 8 nitrogen and oxygen atoms in total. The largest absolute Gasteiger partial charge is 0.364 e. The predicted octanol–water partition coefficient (Wildman–Crippen LogP) is 3.36. The number of hydrogen-bond acceptors (Lipinski definition) is 6. The van der Waals surface area contributed by atoms with Gasteiger partial charge in [0.15, 0.2) is 0 Å². The van der Waals surface area contributed by atoms with Gasteiger partial charge < -0.3 is 9.47 Å². The van der Waals surface area contributed by atoms with E-state index in [-0.39, 0.29) is 23.7 Å². The number of aryl methyl sites for hydroxylation is 1. The average molecular weight is 470 g/mol. The molecular weight excluding hydrogens is 438 g/mol. The first-order valence-electron chi connectivity index (χ1n) is 12.1. The van der Waals surface area contributed by atoms with Gasteiger partial charge in [-0.1, -0.05) is 12.0 Å². The highest BCUT2D eigenvalue weighted by molar-refractivity contribution is 5.88. The van der Waals surface area contributed by atoms with E-state index in [0.29, 0.717) is 6.54 Å². The maximum atomic E-state index is 12.8. The summed E-state index contributed by atoms with van der Waals surface area (Å²) in [6, 6.07) is 8.81. The van der Waals surface area contributed by atoms with Crippen molar-refractivity contribution in [3.8, 4) is 11.8 Å². The molecule has 0 spiro atoms. The Morgan fingerprint density at radius 1 is 1.09 bits per heavy atom. The number of pyridine rings is 1. The van der Waals surface area contributed by atoms with Crippen molar-refractivity contribution in [1.82, 2.24) is 29.2 Å². The third-order valence-corrected chi connectivity index (χ3v) is 7.17. The molecule has 0 aliphatic carbocycles. The predicted molar refractivity (Wildman–Crippen MR) is 139 cm³/mol. The molecule has 5 rings (SSSR count). The van der Waals surface area contributed by atoms with Crippen molar-refractivity contribution in [2.75, 3.05) is 18.0 Å². The zero-order chi connectivity index (χ0) is 24.7. The van der Waals surface area contributed by atoms with Gasteiger partial charge in [0, 0.05) is 56.7 Å². The Morgan fingerprint density at radius 2 is 1.86 bits per heavy atom. The van der Waals surface area contributed by atoms with Gasteiger partial charge >= 0.3 is 0 Å². The van der Waals surface area contributed by atoms with Crippen LogP contribution in [0.15, 0.2) is 47.7 Å². The first-order valence-corrected chi connectivity index (χ1v) is 12.1. The Bertz CT molecular complexity index is 1510. The van der Waals surface area contributed by atoms with E-state index in [2.05, 4.69) is 64.5 Å². The van der Waals surface area contributed by atoms with Crippen molar-refractivity contribution in [1.29, 1.82) is 0 Å². The average Bonchev–Trinajstić information content (AvgIpc) is 3.30. The highest BCUT2D eigenvalue weighted by atomic mass is 16.1. The van der Waals surface area contributed by atoms with Gasteiger partial charge in [-0.2, -0.15) is 5.10 Å². The summed E-state index contributed by atoms with van der Waals surface area (Å²) in [5.74, 6) is 5.97. The second kappa shape index (κ2) is 9.16. The van der Waals surface area contributed by atoms with Gasteiger partial charge in [0.25, 0.3) is 5.56 Å². The molecule has 35 heavy (non-hydrogen) atoms. The second-order valence-corrected chi connectivity index (χ2v) is 9.44. The molecular formula is C27H31N7O. The first-order chi connectivity index (χ1) is 16.9. The molecule has 1 saturated heterocycles. The molecule has 0 amide bonds. The SMILES string of the molecule is CC#CCn1cc2c(n1)c(N1C[C@@H](C)N([C@@H](C)c3ccc4nccnc4c3)C[C@@H]1C)cc(=O)n2C. The summed E-state index contributed by atoms with van der Waals surface area (Å²) in [7, 11) is 1.80. The number of fused-ring (bicyclic) bond motifs is 2. The Labute approximate surface area is 205 Å². The lowest BCUT2D eigenvalue weighted by Gasteiger charge is -2.47. The van der Waals surface area contributed by atoms with Crippen molar-refractivity contribution >= 4 is 27.8 Å². The van der Waals surface area contributed by atoms with Gasteiger partial charge in [0.05, 0.1) is 28.4 Å². The molecule has 1 fully saturated rings. The Morgan fingerprint density at radius 3 is 2.63 bits per heavy atom. The van der Waals surface area contributed by atoms with Gasteiger partial charge in [0.1, 0.15) is 12.1 Å². The zero-order valence-corrected chi connectivity index (χ0v) is 20.9. The molecule has 0 unspecified atom stereocenters. The fourth-order valence-corrected chi connectivity index (χ4v) is 5.16. The summed E-state index contributed by atoms with van der Waals surface area (Å²) < 4.78 is 3.48. The molecule has 3 aromatic heterocycles. The summed E-state index contributed by atoms with van der Waals surface area (Å²) in [4.78, 5) is 26.6. The third-order valence-electron chi connectivity index (χ3n) is 7.17. The maximum absolute atomic E-state index is 12.8. The number of benzene rings is 1. The number of hydrogen-bond donors (Lipinski definition) is 0. The van der Waals surface area contributed by atoms with Crippen molar-refractivity contribution in [3.05, 3.63) is 58.8 Å². The summed E-state index contributed by atoms with van der Waals surface area (Å²) >= 11 is 0. The van der Waals surface area contributed by atoms with Gasteiger partial charge in [-0.15, -0.1) is 5.92 Å². The number of piperazine rings is 1. The van der Waals surface area contributed by atoms with Crippen LogP contribution in [-0.4, -0.2) is 54.4 Å². The van der Waals surface area contributed by atoms with Crippen LogP contribution in [0.4, 0.5) is 5.69 Å². The van der Waals surface area contributed by atoms with E-state index in [1.54, 1.807) is 30.1 Å². The Hall–Kier alpha value is -3.70. The molecule has 0 saturated carbocycles. The van der Waals surface area contributed by atoms with Gasteiger partial charge in [0.2, 0.25) is 0 Å². The van der Waals surface area contributed by atoms with Crippen LogP contribution in [0, 0.1) is 11.8 Å². The molecule has 1 aliphatic heterocycles. The van der Waals surface area contributed by atoms with Crippen LogP contribution in [0.25, 0.3) is 22.1 Å². The lowest BCUT2D eigenvalue weighted by Crippen LogP contribution is -2.57. The van der Waals surface area contributed by atoms with Crippen LogP contribution in [0.1, 0.15) is 39.3 Å². The van der Waals surface area contributed by atoms with Crippen molar-refractivity contribution in [2.24, 2.45) is 7.05 Å². The van der Waals surface area contributed by atoms with E-state index >= 15 is 0 Å². The van der Waals surface area contributed by atoms with Crippen LogP contribution in [0.5, 0.6) is 0 Å². The van der Waals surface area contributed by atoms with E-state index in [1.165, 1.54) is 5.56 Å². The van der Waals surface area contributed by atoms with Crippen molar-refractivity contribution in [3.63, 3.8) is 0 Å². The lowest BCUT2D eigenvalue weighted by molar-refractivity contribution is 0.119. The number of anilines is 1. The summed E-state index contributed by atoms with van der Waals surface area (Å²) in [6.07, 6.45) is 5.38. The van der Waals surface area contributed by atoms with E-state index < -0.39 is 0 Å². The van der Waals surface area contributed by atoms with Gasteiger partial charge in [-0.25, -0.2) is 0 Å². The first kappa shape index (κ1) is 23.1. The molecule has 3 atom stereocenters.